The molecule has 17 heavy (non-hydrogen) atoms. The van der Waals surface area contributed by atoms with Gasteiger partial charge in [-0.3, -0.25) is 0 Å². The van der Waals surface area contributed by atoms with Gasteiger partial charge in [0.1, 0.15) is 0 Å². The van der Waals surface area contributed by atoms with Crippen molar-refractivity contribution in [3.8, 4) is 0 Å². The highest BCUT2D eigenvalue weighted by atomic mass is 16.3. The van der Waals surface area contributed by atoms with Gasteiger partial charge in [-0.15, -0.1) is 0 Å². The summed E-state index contributed by atoms with van der Waals surface area (Å²) in [7, 11) is 2.23. The van der Waals surface area contributed by atoms with E-state index >= 15 is 0 Å². The second kappa shape index (κ2) is 6.17. The van der Waals surface area contributed by atoms with Crippen LogP contribution in [0.5, 0.6) is 0 Å². The van der Waals surface area contributed by atoms with E-state index < -0.39 is 0 Å². The fourth-order valence-electron chi connectivity index (χ4n) is 3.44. The van der Waals surface area contributed by atoms with E-state index in [1.165, 1.54) is 38.8 Å². The average Bonchev–Trinajstić information content (AvgIpc) is 2.29. The van der Waals surface area contributed by atoms with Crippen molar-refractivity contribution in [3.63, 3.8) is 0 Å². The molecular weight excluding hydrogens is 212 g/mol. The van der Waals surface area contributed by atoms with Crippen LogP contribution in [0.2, 0.25) is 0 Å². The van der Waals surface area contributed by atoms with Gasteiger partial charge in [0.2, 0.25) is 0 Å². The lowest BCUT2D eigenvalue weighted by atomic mass is 9.88. The van der Waals surface area contributed by atoms with Crippen LogP contribution in [0.25, 0.3) is 0 Å². The van der Waals surface area contributed by atoms with Crippen molar-refractivity contribution in [1.29, 1.82) is 0 Å². The summed E-state index contributed by atoms with van der Waals surface area (Å²) in [6.45, 7) is 4.81. The highest BCUT2D eigenvalue weighted by Crippen LogP contribution is 2.22. The number of hydrogen-bond donors (Lipinski definition) is 2. The van der Waals surface area contributed by atoms with Crippen molar-refractivity contribution in [2.24, 2.45) is 5.92 Å². The van der Waals surface area contributed by atoms with Gasteiger partial charge in [-0.05, 0) is 65.0 Å². The molecule has 0 aromatic rings. The third kappa shape index (κ3) is 3.94. The van der Waals surface area contributed by atoms with Crippen molar-refractivity contribution in [2.45, 2.75) is 63.6 Å². The summed E-state index contributed by atoms with van der Waals surface area (Å²) < 4.78 is 0. The highest BCUT2D eigenvalue weighted by molar-refractivity contribution is 4.84. The molecule has 1 aliphatic carbocycles. The van der Waals surface area contributed by atoms with E-state index in [1.54, 1.807) is 0 Å². The minimum absolute atomic E-state index is 0.0671. The minimum Gasteiger partial charge on any atom is -0.393 e. The molecule has 4 unspecified atom stereocenters. The van der Waals surface area contributed by atoms with Gasteiger partial charge in [-0.25, -0.2) is 0 Å². The maximum Gasteiger partial charge on any atom is 0.0555 e. The van der Waals surface area contributed by atoms with Gasteiger partial charge in [0.25, 0.3) is 0 Å². The molecule has 1 aliphatic heterocycles. The predicted octanol–water partition coefficient (Wildman–Crippen LogP) is 1.61. The molecule has 3 nitrogen and oxygen atoms in total. The lowest BCUT2D eigenvalue weighted by Gasteiger charge is -2.37. The molecule has 4 atom stereocenters. The molecule has 1 heterocycles. The SMILES string of the molecule is CC(NC1CCCC(O)C1)C1CCCN(C)C1. The average molecular weight is 240 g/mol. The normalized spacial score (nSPS) is 37.9. The molecule has 1 saturated heterocycles. The monoisotopic (exact) mass is 240 g/mol. The summed E-state index contributed by atoms with van der Waals surface area (Å²) in [5, 5.41) is 13.4. The van der Waals surface area contributed by atoms with Crippen LogP contribution in [0, 0.1) is 5.92 Å². The molecule has 100 valence electrons. The largest absolute Gasteiger partial charge is 0.393 e. The van der Waals surface area contributed by atoms with Crippen molar-refractivity contribution >= 4 is 0 Å². The first kappa shape index (κ1) is 13.3. The van der Waals surface area contributed by atoms with Crippen LogP contribution in [-0.4, -0.2) is 48.3 Å². The summed E-state index contributed by atoms with van der Waals surface area (Å²) in [5.74, 6) is 0.785. The van der Waals surface area contributed by atoms with Gasteiger partial charge < -0.3 is 15.3 Å². The zero-order valence-electron chi connectivity index (χ0n) is 11.4. The number of nitrogens with zero attached hydrogens (tertiary/aromatic N) is 1. The number of nitrogens with one attached hydrogen (secondary N) is 1. The minimum atomic E-state index is -0.0671. The smallest absolute Gasteiger partial charge is 0.0555 e. The fourth-order valence-corrected chi connectivity index (χ4v) is 3.44. The third-order valence-corrected chi connectivity index (χ3v) is 4.51. The number of aliphatic hydroxyl groups is 1. The van der Waals surface area contributed by atoms with Crippen molar-refractivity contribution in [1.82, 2.24) is 10.2 Å². The van der Waals surface area contributed by atoms with Gasteiger partial charge in [-0.2, -0.15) is 0 Å². The summed E-state index contributed by atoms with van der Waals surface area (Å²) in [4.78, 5) is 2.45. The predicted molar refractivity (Wildman–Crippen MR) is 71.1 cm³/mol. The van der Waals surface area contributed by atoms with Gasteiger partial charge >= 0.3 is 0 Å². The van der Waals surface area contributed by atoms with Crippen LogP contribution in [0.15, 0.2) is 0 Å². The van der Waals surface area contributed by atoms with E-state index in [4.69, 9.17) is 0 Å². The van der Waals surface area contributed by atoms with Crippen LogP contribution in [-0.2, 0) is 0 Å². The summed E-state index contributed by atoms with van der Waals surface area (Å²) in [6.07, 6.45) is 6.99. The van der Waals surface area contributed by atoms with Gasteiger partial charge in [0, 0.05) is 18.6 Å². The second-order valence-electron chi connectivity index (χ2n) is 6.14. The number of hydrogen-bond acceptors (Lipinski definition) is 3. The zero-order valence-corrected chi connectivity index (χ0v) is 11.4. The van der Waals surface area contributed by atoms with E-state index in [0.29, 0.717) is 12.1 Å². The van der Waals surface area contributed by atoms with Crippen LogP contribution in [0.4, 0.5) is 0 Å². The first-order valence-corrected chi connectivity index (χ1v) is 7.28. The van der Waals surface area contributed by atoms with E-state index in [9.17, 15) is 5.11 Å². The Morgan fingerprint density at radius 1 is 1.24 bits per heavy atom. The Hall–Kier alpha value is -0.120. The number of piperidine rings is 1. The van der Waals surface area contributed by atoms with E-state index in [-0.39, 0.29) is 6.10 Å². The zero-order chi connectivity index (χ0) is 12.3. The first-order chi connectivity index (χ1) is 8.15. The molecule has 2 aliphatic rings. The number of rotatable bonds is 3. The molecule has 2 fully saturated rings. The van der Waals surface area contributed by atoms with Crippen molar-refractivity contribution in [2.75, 3.05) is 20.1 Å². The number of aliphatic hydroxyl groups excluding tert-OH is 1. The van der Waals surface area contributed by atoms with Crippen molar-refractivity contribution in [3.05, 3.63) is 0 Å². The Morgan fingerprint density at radius 2 is 2.06 bits per heavy atom. The summed E-state index contributed by atoms with van der Waals surface area (Å²) in [5.41, 5.74) is 0. The first-order valence-electron chi connectivity index (χ1n) is 7.28. The molecule has 0 amide bonds. The molecule has 0 spiro atoms. The third-order valence-electron chi connectivity index (χ3n) is 4.51. The fraction of sp³-hybridized carbons (Fsp3) is 1.00. The summed E-state index contributed by atoms with van der Waals surface area (Å²) >= 11 is 0. The molecule has 2 rings (SSSR count). The Balaban J connectivity index is 1.77. The highest BCUT2D eigenvalue weighted by Gasteiger charge is 2.26. The Labute approximate surface area is 106 Å². The topological polar surface area (TPSA) is 35.5 Å². The Morgan fingerprint density at radius 3 is 2.76 bits per heavy atom. The second-order valence-corrected chi connectivity index (χ2v) is 6.14. The Bertz CT molecular complexity index is 234. The van der Waals surface area contributed by atoms with E-state index in [0.717, 1.165) is 18.8 Å². The standard InChI is InChI=1S/C14H28N2O/c1-11(12-5-4-8-16(2)10-12)15-13-6-3-7-14(17)9-13/h11-15,17H,3-10H2,1-2H3. The van der Waals surface area contributed by atoms with Gasteiger partial charge in [-0.1, -0.05) is 0 Å². The molecular formula is C14H28N2O. The maximum absolute atomic E-state index is 9.70. The van der Waals surface area contributed by atoms with E-state index in [1.807, 2.05) is 0 Å². The summed E-state index contributed by atoms with van der Waals surface area (Å²) in [6, 6.07) is 1.13. The lowest BCUT2D eigenvalue weighted by Crippen LogP contribution is -2.48. The number of likely N-dealkylation sites (tertiary alicyclic amines) is 1. The van der Waals surface area contributed by atoms with E-state index in [2.05, 4.69) is 24.2 Å². The van der Waals surface area contributed by atoms with Crippen LogP contribution in [0.1, 0.15) is 45.4 Å². The lowest BCUT2D eigenvalue weighted by molar-refractivity contribution is 0.100. The molecule has 3 heteroatoms. The molecule has 2 N–H and O–H groups in total. The van der Waals surface area contributed by atoms with Crippen LogP contribution >= 0.6 is 0 Å². The molecule has 0 bridgehead atoms. The Kier molecular flexibility index (Phi) is 4.83. The molecule has 0 aromatic heterocycles. The molecule has 0 aromatic carbocycles. The van der Waals surface area contributed by atoms with Gasteiger partial charge in [0.15, 0.2) is 0 Å². The van der Waals surface area contributed by atoms with Crippen LogP contribution in [0.3, 0.4) is 0 Å². The molecule has 0 radical (unpaired) electrons. The van der Waals surface area contributed by atoms with Gasteiger partial charge in [0.05, 0.1) is 6.10 Å². The van der Waals surface area contributed by atoms with Crippen molar-refractivity contribution < 1.29 is 5.11 Å². The quantitative estimate of drug-likeness (QED) is 0.787. The van der Waals surface area contributed by atoms with Crippen LogP contribution < -0.4 is 5.32 Å². The molecule has 1 saturated carbocycles. The maximum atomic E-state index is 9.70.